The minimum Gasteiger partial charge on any atom is -0.361 e. The number of hydrogen-bond donors (Lipinski definition) is 0. The van der Waals surface area contributed by atoms with Crippen LogP contribution in [0.4, 0.5) is 0 Å². The first-order valence-corrected chi connectivity index (χ1v) is 3.84. The van der Waals surface area contributed by atoms with Gasteiger partial charge in [-0.3, -0.25) is 4.99 Å². The summed E-state index contributed by atoms with van der Waals surface area (Å²) in [7, 11) is 4.02. The van der Waals surface area contributed by atoms with E-state index in [1.165, 1.54) is 0 Å². The standard InChI is InChI=1S/C8H15N3/c1-8-10(2)6-4-5-9-7-11(8)3/h7H,1,4-6H2,2-3H3. The third-order valence-corrected chi connectivity index (χ3v) is 1.88. The van der Waals surface area contributed by atoms with Crippen molar-refractivity contribution in [2.45, 2.75) is 6.42 Å². The Kier molecular flexibility index (Phi) is 2.52. The SMILES string of the molecule is C=C1N(C)C=NCCCN1C. The second-order valence-corrected chi connectivity index (χ2v) is 2.82. The highest BCUT2D eigenvalue weighted by Gasteiger charge is 2.06. The van der Waals surface area contributed by atoms with Gasteiger partial charge < -0.3 is 9.80 Å². The molecule has 0 fully saturated rings. The van der Waals surface area contributed by atoms with Crippen LogP contribution in [0.3, 0.4) is 0 Å². The van der Waals surface area contributed by atoms with E-state index in [2.05, 4.69) is 23.5 Å². The molecule has 0 radical (unpaired) electrons. The molecule has 62 valence electrons. The molecule has 0 aromatic carbocycles. The van der Waals surface area contributed by atoms with E-state index in [1.807, 2.05) is 18.3 Å². The Morgan fingerprint density at radius 1 is 1.55 bits per heavy atom. The van der Waals surface area contributed by atoms with Crippen molar-refractivity contribution in [1.82, 2.24) is 9.80 Å². The lowest BCUT2D eigenvalue weighted by Crippen LogP contribution is -2.31. The van der Waals surface area contributed by atoms with Gasteiger partial charge in [-0.2, -0.15) is 0 Å². The van der Waals surface area contributed by atoms with Gasteiger partial charge in [0.2, 0.25) is 0 Å². The Bertz CT molecular complexity index is 174. The maximum absolute atomic E-state index is 4.21. The molecule has 1 rings (SSSR count). The summed E-state index contributed by atoms with van der Waals surface area (Å²) in [6.45, 7) is 5.90. The molecule has 3 nitrogen and oxygen atoms in total. The molecular weight excluding hydrogens is 138 g/mol. The molecule has 0 aromatic rings. The van der Waals surface area contributed by atoms with Crippen molar-refractivity contribution in [2.75, 3.05) is 27.2 Å². The average Bonchev–Trinajstić information content (AvgIpc) is 2.00. The molecule has 11 heavy (non-hydrogen) atoms. The third-order valence-electron chi connectivity index (χ3n) is 1.88. The molecule has 0 spiro atoms. The molecular formula is C8H15N3. The zero-order chi connectivity index (χ0) is 8.27. The zero-order valence-electron chi connectivity index (χ0n) is 7.25. The van der Waals surface area contributed by atoms with E-state index in [-0.39, 0.29) is 0 Å². The van der Waals surface area contributed by atoms with Gasteiger partial charge in [-0.05, 0) is 6.42 Å². The lowest BCUT2D eigenvalue weighted by Gasteiger charge is -2.28. The van der Waals surface area contributed by atoms with E-state index in [4.69, 9.17) is 0 Å². The van der Waals surface area contributed by atoms with Gasteiger partial charge in [0, 0.05) is 27.2 Å². The van der Waals surface area contributed by atoms with Crippen LogP contribution < -0.4 is 0 Å². The molecule has 1 heterocycles. The zero-order valence-corrected chi connectivity index (χ0v) is 7.25. The second kappa shape index (κ2) is 3.42. The van der Waals surface area contributed by atoms with Crippen LogP contribution in [0.1, 0.15) is 6.42 Å². The summed E-state index contributed by atoms with van der Waals surface area (Å²) < 4.78 is 0. The largest absolute Gasteiger partial charge is 0.361 e. The van der Waals surface area contributed by atoms with Gasteiger partial charge in [-0.15, -0.1) is 0 Å². The van der Waals surface area contributed by atoms with Crippen LogP contribution >= 0.6 is 0 Å². The van der Waals surface area contributed by atoms with Gasteiger partial charge in [-0.1, -0.05) is 6.58 Å². The van der Waals surface area contributed by atoms with Crippen molar-refractivity contribution in [2.24, 2.45) is 4.99 Å². The molecule has 0 N–H and O–H groups in total. The normalized spacial score (nSPS) is 20.0. The smallest absolute Gasteiger partial charge is 0.101 e. The Hall–Kier alpha value is -0.990. The summed E-state index contributed by atoms with van der Waals surface area (Å²) in [6.07, 6.45) is 2.94. The van der Waals surface area contributed by atoms with Crippen LogP contribution in [0.25, 0.3) is 0 Å². The van der Waals surface area contributed by atoms with Gasteiger partial charge in [0.05, 0.1) is 6.34 Å². The molecule has 0 atom stereocenters. The number of nitrogens with zero attached hydrogens (tertiary/aromatic N) is 3. The molecule has 1 aliphatic rings. The second-order valence-electron chi connectivity index (χ2n) is 2.82. The van der Waals surface area contributed by atoms with E-state index >= 15 is 0 Å². The molecule has 0 aliphatic carbocycles. The first kappa shape index (κ1) is 8.11. The van der Waals surface area contributed by atoms with Crippen molar-refractivity contribution < 1.29 is 0 Å². The Morgan fingerprint density at radius 2 is 2.27 bits per heavy atom. The van der Waals surface area contributed by atoms with Gasteiger partial charge >= 0.3 is 0 Å². The highest BCUT2D eigenvalue weighted by atomic mass is 15.3. The fourth-order valence-electron chi connectivity index (χ4n) is 1.04. The minimum atomic E-state index is 0.919. The molecule has 0 aromatic heterocycles. The van der Waals surface area contributed by atoms with E-state index in [0.717, 1.165) is 25.3 Å². The van der Waals surface area contributed by atoms with Crippen molar-refractivity contribution in [3.63, 3.8) is 0 Å². The first-order valence-electron chi connectivity index (χ1n) is 3.84. The topological polar surface area (TPSA) is 18.8 Å². The van der Waals surface area contributed by atoms with Gasteiger partial charge in [0.25, 0.3) is 0 Å². The number of rotatable bonds is 0. The fourth-order valence-corrected chi connectivity index (χ4v) is 1.04. The van der Waals surface area contributed by atoms with E-state index in [9.17, 15) is 0 Å². The number of aliphatic imine (C=N–C) groups is 1. The van der Waals surface area contributed by atoms with Crippen LogP contribution in [0, 0.1) is 0 Å². The molecule has 3 heteroatoms. The third kappa shape index (κ3) is 1.97. The monoisotopic (exact) mass is 153 g/mol. The van der Waals surface area contributed by atoms with E-state index < -0.39 is 0 Å². The molecule has 1 aliphatic heterocycles. The highest BCUT2D eigenvalue weighted by Crippen LogP contribution is 2.04. The number of hydrogen-bond acceptors (Lipinski definition) is 3. The summed E-state index contributed by atoms with van der Waals surface area (Å²) in [5.74, 6) is 1.01. The maximum atomic E-state index is 4.21. The average molecular weight is 153 g/mol. The van der Waals surface area contributed by atoms with Crippen molar-refractivity contribution in [3.8, 4) is 0 Å². The van der Waals surface area contributed by atoms with E-state index in [0.29, 0.717) is 0 Å². The first-order chi connectivity index (χ1) is 5.22. The Balaban J connectivity index is 2.64. The van der Waals surface area contributed by atoms with Gasteiger partial charge in [0.15, 0.2) is 0 Å². The van der Waals surface area contributed by atoms with E-state index in [1.54, 1.807) is 0 Å². The maximum Gasteiger partial charge on any atom is 0.101 e. The highest BCUT2D eigenvalue weighted by molar-refractivity contribution is 5.57. The summed E-state index contributed by atoms with van der Waals surface area (Å²) >= 11 is 0. The van der Waals surface area contributed by atoms with Gasteiger partial charge in [-0.25, -0.2) is 0 Å². The predicted octanol–water partition coefficient (Wildman–Crippen LogP) is 0.753. The summed E-state index contributed by atoms with van der Waals surface area (Å²) in [5.41, 5.74) is 0. The van der Waals surface area contributed by atoms with Crippen LogP contribution in [0.15, 0.2) is 17.4 Å². The van der Waals surface area contributed by atoms with Crippen LogP contribution in [-0.4, -0.2) is 43.3 Å². The van der Waals surface area contributed by atoms with Crippen LogP contribution in [0.5, 0.6) is 0 Å². The molecule has 0 saturated heterocycles. The van der Waals surface area contributed by atoms with Crippen molar-refractivity contribution in [1.29, 1.82) is 0 Å². The lowest BCUT2D eigenvalue weighted by atomic mass is 10.4. The fraction of sp³-hybridized carbons (Fsp3) is 0.625. The molecule has 0 saturated carbocycles. The molecule has 0 unspecified atom stereocenters. The summed E-state index contributed by atoms with van der Waals surface area (Å²) in [4.78, 5) is 8.30. The Labute approximate surface area is 68.0 Å². The quantitative estimate of drug-likeness (QED) is 0.511. The molecule has 0 bridgehead atoms. The summed E-state index contributed by atoms with van der Waals surface area (Å²) in [5, 5.41) is 0. The predicted molar refractivity (Wildman–Crippen MR) is 47.5 cm³/mol. The minimum absolute atomic E-state index is 0.919. The van der Waals surface area contributed by atoms with Crippen LogP contribution in [-0.2, 0) is 0 Å². The van der Waals surface area contributed by atoms with Crippen LogP contribution in [0.2, 0.25) is 0 Å². The summed E-state index contributed by atoms with van der Waals surface area (Å²) in [6, 6.07) is 0. The van der Waals surface area contributed by atoms with Crippen molar-refractivity contribution >= 4 is 6.34 Å². The van der Waals surface area contributed by atoms with Crippen molar-refractivity contribution in [3.05, 3.63) is 12.4 Å². The molecule has 0 amide bonds. The Morgan fingerprint density at radius 3 is 3.00 bits per heavy atom. The lowest BCUT2D eigenvalue weighted by molar-refractivity contribution is 0.329. The van der Waals surface area contributed by atoms with Gasteiger partial charge in [0.1, 0.15) is 5.82 Å².